The highest BCUT2D eigenvalue weighted by atomic mass is 35.5. The Morgan fingerprint density at radius 1 is 1.13 bits per heavy atom. The molecule has 0 bridgehead atoms. The minimum atomic E-state index is -0.699. The molecule has 1 heterocycles. The lowest BCUT2D eigenvalue weighted by Crippen LogP contribution is -1.90. The van der Waals surface area contributed by atoms with E-state index in [0.717, 1.165) is 5.39 Å². The van der Waals surface area contributed by atoms with Gasteiger partial charge in [0, 0.05) is 22.2 Å². The molecule has 0 N–H and O–H groups in total. The molecule has 2 aromatic rings. The predicted octanol–water partition coefficient (Wildman–Crippen LogP) is 5.02. The molecular formula is C10H5Cl4N. The van der Waals surface area contributed by atoms with Crippen LogP contribution in [0.4, 0.5) is 0 Å². The largest absolute Gasteiger partial charge is 0.254 e. The number of pyridine rings is 1. The molecule has 0 aliphatic heterocycles. The lowest BCUT2D eigenvalue weighted by molar-refractivity contribution is 1.31. The Morgan fingerprint density at radius 2 is 1.87 bits per heavy atom. The van der Waals surface area contributed by atoms with Crippen LogP contribution in [-0.2, 0) is 0 Å². The fourth-order valence-electron chi connectivity index (χ4n) is 1.38. The van der Waals surface area contributed by atoms with E-state index in [1.54, 1.807) is 18.3 Å². The minimum absolute atomic E-state index is 0.507. The van der Waals surface area contributed by atoms with Gasteiger partial charge < -0.3 is 0 Å². The van der Waals surface area contributed by atoms with Crippen molar-refractivity contribution in [2.24, 2.45) is 0 Å². The molecule has 0 unspecified atom stereocenters. The molecule has 15 heavy (non-hydrogen) atoms. The number of hydrogen-bond acceptors (Lipinski definition) is 1. The van der Waals surface area contributed by atoms with Crippen LogP contribution in [0.5, 0.6) is 0 Å². The molecule has 1 nitrogen and oxygen atoms in total. The molecular weight excluding hydrogens is 276 g/mol. The van der Waals surface area contributed by atoms with Gasteiger partial charge in [-0.2, -0.15) is 0 Å². The summed E-state index contributed by atoms with van der Waals surface area (Å²) in [5.41, 5.74) is 1.30. The smallest absolute Gasteiger partial charge is 0.136 e. The summed E-state index contributed by atoms with van der Waals surface area (Å²) in [7, 11) is 0. The van der Waals surface area contributed by atoms with Gasteiger partial charge in [-0.25, -0.2) is 0 Å². The second-order valence-electron chi connectivity index (χ2n) is 2.99. The van der Waals surface area contributed by atoms with Gasteiger partial charge in [-0.1, -0.05) is 52.5 Å². The fraction of sp³-hybridized carbons (Fsp3) is 0.100. The molecule has 0 spiro atoms. The van der Waals surface area contributed by atoms with Crippen LogP contribution < -0.4 is 0 Å². The van der Waals surface area contributed by atoms with E-state index in [2.05, 4.69) is 4.98 Å². The van der Waals surface area contributed by atoms with Crippen LogP contribution in [0.1, 0.15) is 10.4 Å². The summed E-state index contributed by atoms with van der Waals surface area (Å²) in [6.45, 7) is 0. The van der Waals surface area contributed by atoms with E-state index in [9.17, 15) is 0 Å². The van der Waals surface area contributed by atoms with Crippen LogP contribution >= 0.6 is 46.4 Å². The van der Waals surface area contributed by atoms with Crippen LogP contribution in [0.3, 0.4) is 0 Å². The molecule has 1 aromatic heterocycles. The van der Waals surface area contributed by atoms with E-state index in [0.29, 0.717) is 21.1 Å². The van der Waals surface area contributed by atoms with Crippen LogP contribution in [0.15, 0.2) is 24.4 Å². The van der Waals surface area contributed by atoms with E-state index in [1.807, 2.05) is 6.07 Å². The Kier molecular flexibility index (Phi) is 3.27. The van der Waals surface area contributed by atoms with Gasteiger partial charge in [0.05, 0.1) is 10.5 Å². The number of fused-ring (bicyclic) bond motifs is 1. The van der Waals surface area contributed by atoms with Crippen molar-refractivity contribution < 1.29 is 0 Å². The van der Waals surface area contributed by atoms with Gasteiger partial charge in [-0.15, -0.1) is 0 Å². The first-order chi connectivity index (χ1) is 7.09. The zero-order valence-corrected chi connectivity index (χ0v) is 10.4. The lowest BCUT2D eigenvalue weighted by atomic mass is 10.1. The van der Waals surface area contributed by atoms with Crippen molar-refractivity contribution in [3.63, 3.8) is 0 Å². The first kappa shape index (κ1) is 11.3. The number of nitrogens with zero attached hydrogens (tertiary/aromatic N) is 1. The predicted molar refractivity (Wildman–Crippen MR) is 66.2 cm³/mol. The van der Waals surface area contributed by atoms with Gasteiger partial charge in [0.25, 0.3) is 0 Å². The number of alkyl halides is 2. The molecule has 5 heteroatoms. The summed E-state index contributed by atoms with van der Waals surface area (Å²) in [5, 5.41) is 1.94. The molecule has 0 aliphatic carbocycles. The third-order valence-electron chi connectivity index (χ3n) is 2.02. The highest BCUT2D eigenvalue weighted by Gasteiger charge is 2.14. The maximum absolute atomic E-state index is 6.00. The Bertz CT molecular complexity index is 510. The highest BCUT2D eigenvalue weighted by molar-refractivity contribution is 6.46. The second-order valence-corrected chi connectivity index (χ2v) is 4.93. The third-order valence-corrected chi connectivity index (χ3v) is 3.00. The van der Waals surface area contributed by atoms with E-state index in [4.69, 9.17) is 46.4 Å². The van der Waals surface area contributed by atoms with Crippen LogP contribution in [0.25, 0.3) is 10.9 Å². The van der Waals surface area contributed by atoms with Crippen molar-refractivity contribution in [2.45, 2.75) is 4.84 Å². The minimum Gasteiger partial charge on any atom is -0.254 e. The molecule has 0 amide bonds. The Balaban J connectivity index is 2.82. The molecule has 1 aromatic carbocycles. The molecule has 0 atom stereocenters. The maximum Gasteiger partial charge on any atom is 0.136 e. The van der Waals surface area contributed by atoms with E-state index in [-0.39, 0.29) is 0 Å². The van der Waals surface area contributed by atoms with Gasteiger partial charge in [0.15, 0.2) is 0 Å². The number of halogens is 4. The molecule has 0 fully saturated rings. The normalized spacial score (nSPS) is 11.3. The molecule has 0 aliphatic rings. The molecule has 0 radical (unpaired) electrons. The van der Waals surface area contributed by atoms with Crippen LogP contribution in [0.2, 0.25) is 10.0 Å². The van der Waals surface area contributed by atoms with Gasteiger partial charge in [0.1, 0.15) is 4.84 Å². The lowest BCUT2D eigenvalue weighted by Gasteiger charge is -2.08. The van der Waals surface area contributed by atoms with Crippen LogP contribution in [0, 0.1) is 0 Å². The van der Waals surface area contributed by atoms with Crippen molar-refractivity contribution in [1.82, 2.24) is 4.98 Å². The van der Waals surface area contributed by atoms with Gasteiger partial charge in [0.2, 0.25) is 0 Å². The molecule has 78 valence electrons. The summed E-state index contributed by atoms with van der Waals surface area (Å²) < 4.78 is 0. The van der Waals surface area contributed by atoms with Crippen molar-refractivity contribution in [1.29, 1.82) is 0 Å². The summed E-state index contributed by atoms with van der Waals surface area (Å²) >= 11 is 23.5. The summed E-state index contributed by atoms with van der Waals surface area (Å²) in [5.74, 6) is 0. The first-order valence-electron chi connectivity index (χ1n) is 4.11. The first-order valence-corrected chi connectivity index (χ1v) is 5.74. The molecule has 0 saturated heterocycles. The van der Waals surface area contributed by atoms with Crippen molar-refractivity contribution >= 4 is 57.3 Å². The highest BCUT2D eigenvalue weighted by Crippen LogP contribution is 2.36. The number of aromatic nitrogens is 1. The molecule has 0 saturated carbocycles. The third kappa shape index (κ3) is 2.16. The summed E-state index contributed by atoms with van der Waals surface area (Å²) in [4.78, 5) is 3.48. The Morgan fingerprint density at radius 3 is 2.53 bits per heavy atom. The zero-order valence-electron chi connectivity index (χ0n) is 7.35. The van der Waals surface area contributed by atoms with E-state index in [1.165, 1.54) is 0 Å². The quantitative estimate of drug-likeness (QED) is 0.669. The average molecular weight is 281 g/mol. The number of benzene rings is 1. The average Bonchev–Trinajstić information content (AvgIpc) is 2.17. The SMILES string of the molecule is Clc1cnc2c(C(Cl)Cl)c(Cl)ccc2c1. The zero-order chi connectivity index (χ0) is 11.0. The van der Waals surface area contributed by atoms with Crippen molar-refractivity contribution in [3.8, 4) is 0 Å². The topological polar surface area (TPSA) is 12.9 Å². The van der Waals surface area contributed by atoms with E-state index >= 15 is 0 Å². The standard InChI is InChI=1S/C10H5Cl4N/c11-6-3-5-1-2-7(12)8(10(13)14)9(5)15-4-6/h1-4,10H. The molecule has 2 rings (SSSR count). The Labute approximate surface area is 107 Å². The number of rotatable bonds is 1. The maximum atomic E-state index is 6.00. The Hall–Kier alpha value is -0.210. The summed E-state index contributed by atoms with van der Waals surface area (Å²) in [6.07, 6.45) is 1.54. The van der Waals surface area contributed by atoms with E-state index < -0.39 is 4.84 Å². The second kappa shape index (κ2) is 4.34. The van der Waals surface area contributed by atoms with Gasteiger partial charge >= 0.3 is 0 Å². The van der Waals surface area contributed by atoms with Gasteiger partial charge in [-0.05, 0) is 12.1 Å². The van der Waals surface area contributed by atoms with Crippen LogP contribution in [-0.4, -0.2) is 4.98 Å². The van der Waals surface area contributed by atoms with Gasteiger partial charge in [-0.3, -0.25) is 4.98 Å². The van der Waals surface area contributed by atoms with Crippen molar-refractivity contribution in [2.75, 3.05) is 0 Å². The fourth-order valence-corrected chi connectivity index (χ4v) is 2.36. The monoisotopic (exact) mass is 279 g/mol. The number of hydrogen-bond donors (Lipinski definition) is 0. The van der Waals surface area contributed by atoms with Crippen molar-refractivity contribution in [3.05, 3.63) is 40.0 Å². The summed E-state index contributed by atoms with van der Waals surface area (Å²) in [6, 6.07) is 5.35.